The van der Waals surface area contributed by atoms with Crippen molar-refractivity contribution < 1.29 is 9.84 Å². The number of benzene rings is 2. The molecule has 0 saturated heterocycles. The average molecular weight is 295 g/mol. The van der Waals surface area contributed by atoms with E-state index >= 15 is 0 Å². The van der Waals surface area contributed by atoms with Gasteiger partial charge >= 0.3 is 0 Å². The number of halogens is 2. The minimum absolute atomic E-state index is 0.370. The summed E-state index contributed by atoms with van der Waals surface area (Å²) >= 11 is 11.9. The Bertz CT molecular complexity index is 593. The molecule has 0 aromatic heterocycles. The molecule has 2 aromatic rings. The zero-order chi connectivity index (χ0) is 13.4. The van der Waals surface area contributed by atoms with Crippen molar-refractivity contribution in [3.05, 3.63) is 69.2 Å². The second-order valence-corrected chi connectivity index (χ2v) is 5.45. The number of aliphatic hydroxyl groups is 1. The Kier molecular flexibility index (Phi) is 3.50. The van der Waals surface area contributed by atoms with Crippen LogP contribution in [-0.2, 0) is 11.3 Å². The maximum atomic E-state index is 10.5. The first-order valence-corrected chi connectivity index (χ1v) is 6.74. The van der Waals surface area contributed by atoms with Crippen LogP contribution >= 0.6 is 23.2 Å². The fraction of sp³-hybridized carbons (Fsp3) is 0.200. The molecule has 2 nitrogen and oxygen atoms in total. The zero-order valence-electron chi connectivity index (χ0n) is 10.0. The van der Waals surface area contributed by atoms with E-state index in [-0.39, 0.29) is 6.10 Å². The van der Waals surface area contributed by atoms with Gasteiger partial charge in [-0.3, -0.25) is 0 Å². The van der Waals surface area contributed by atoms with Gasteiger partial charge in [0, 0.05) is 10.0 Å². The molecule has 1 N–H and O–H groups in total. The van der Waals surface area contributed by atoms with Crippen molar-refractivity contribution >= 4 is 23.2 Å². The summed E-state index contributed by atoms with van der Waals surface area (Å²) in [6.45, 7) is 0.520. The van der Waals surface area contributed by atoms with E-state index in [4.69, 9.17) is 27.9 Å². The Morgan fingerprint density at radius 1 is 1.11 bits per heavy atom. The van der Waals surface area contributed by atoms with Crippen LogP contribution < -0.4 is 0 Å². The van der Waals surface area contributed by atoms with E-state index in [9.17, 15) is 5.11 Å². The van der Waals surface area contributed by atoms with Crippen molar-refractivity contribution in [1.29, 1.82) is 0 Å². The van der Waals surface area contributed by atoms with Crippen LogP contribution in [0.15, 0.2) is 42.5 Å². The number of ether oxygens (including phenoxy) is 1. The molecule has 0 bridgehead atoms. The van der Waals surface area contributed by atoms with E-state index in [1.165, 1.54) is 0 Å². The quantitative estimate of drug-likeness (QED) is 0.895. The molecule has 3 rings (SSSR count). The van der Waals surface area contributed by atoms with Gasteiger partial charge < -0.3 is 9.84 Å². The molecule has 1 heterocycles. The van der Waals surface area contributed by atoms with E-state index in [2.05, 4.69) is 0 Å². The maximum absolute atomic E-state index is 10.5. The van der Waals surface area contributed by atoms with Crippen molar-refractivity contribution in [1.82, 2.24) is 0 Å². The van der Waals surface area contributed by atoms with Crippen LogP contribution in [0.4, 0.5) is 0 Å². The smallest absolute Gasteiger partial charge is 0.113 e. The van der Waals surface area contributed by atoms with Crippen LogP contribution in [0.5, 0.6) is 0 Å². The lowest BCUT2D eigenvalue weighted by Gasteiger charge is -2.19. The molecule has 0 radical (unpaired) electrons. The first-order chi connectivity index (χ1) is 9.15. The SMILES string of the molecule is O[C@@H](c1cc(Cl)cc(Cl)c1)[C@H]1OCc2ccccc21. The average Bonchev–Trinajstić information content (AvgIpc) is 2.80. The Morgan fingerprint density at radius 3 is 2.53 bits per heavy atom. The van der Waals surface area contributed by atoms with Crippen LogP contribution in [0.2, 0.25) is 10.0 Å². The lowest BCUT2D eigenvalue weighted by Crippen LogP contribution is -2.09. The molecular weight excluding hydrogens is 283 g/mol. The fourth-order valence-corrected chi connectivity index (χ4v) is 2.94. The number of hydrogen-bond acceptors (Lipinski definition) is 2. The van der Waals surface area contributed by atoms with Crippen LogP contribution in [0, 0.1) is 0 Å². The molecule has 0 fully saturated rings. The molecular formula is C15H12Cl2O2. The molecule has 4 heteroatoms. The first kappa shape index (κ1) is 12.9. The van der Waals surface area contributed by atoms with Crippen molar-refractivity contribution in [2.45, 2.75) is 18.8 Å². The molecule has 1 aliphatic heterocycles. The van der Waals surface area contributed by atoms with Crippen molar-refractivity contribution in [2.75, 3.05) is 0 Å². The lowest BCUT2D eigenvalue weighted by atomic mass is 9.97. The van der Waals surface area contributed by atoms with Crippen LogP contribution in [-0.4, -0.2) is 5.11 Å². The van der Waals surface area contributed by atoms with E-state index in [1.807, 2.05) is 24.3 Å². The van der Waals surface area contributed by atoms with Crippen molar-refractivity contribution in [2.24, 2.45) is 0 Å². The van der Waals surface area contributed by atoms with Gasteiger partial charge in [-0.1, -0.05) is 47.5 Å². The normalized spacial score (nSPS) is 19.2. The molecule has 0 aliphatic carbocycles. The molecule has 0 spiro atoms. The van der Waals surface area contributed by atoms with Gasteiger partial charge in [-0.05, 0) is 34.9 Å². The largest absolute Gasteiger partial charge is 0.385 e. The highest BCUT2D eigenvalue weighted by Crippen LogP contribution is 2.40. The molecule has 0 saturated carbocycles. The second kappa shape index (κ2) is 5.14. The molecule has 1 aliphatic rings. The summed E-state index contributed by atoms with van der Waals surface area (Å²) in [4.78, 5) is 0. The fourth-order valence-electron chi connectivity index (χ4n) is 2.39. The topological polar surface area (TPSA) is 29.5 Å². The predicted octanol–water partition coefficient (Wildman–Crippen LogP) is 4.30. The second-order valence-electron chi connectivity index (χ2n) is 4.58. The Balaban J connectivity index is 1.95. The van der Waals surface area contributed by atoms with E-state index in [0.29, 0.717) is 22.2 Å². The highest BCUT2D eigenvalue weighted by atomic mass is 35.5. The Labute approximate surface area is 121 Å². The molecule has 98 valence electrons. The van der Waals surface area contributed by atoms with Crippen molar-refractivity contribution in [3.63, 3.8) is 0 Å². The van der Waals surface area contributed by atoms with Gasteiger partial charge in [0.15, 0.2) is 0 Å². The highest BCUT2D eigenvalue weighted by Gasteiger charge is 2.30. The van der Waals surface area contributed by atoms with Gasteiger partial charge in [0.2, 0.25) is 0 Å². The van der Waals surface area contributed by atoms with Gasteiger partial charge in [0.25, 0.3) is 0 Å². The summed E-state index contributed by atoms with van der Waals surface area (Å²) in [6.07, 6.45) is -1.15. The van der Waals surface area contributed by atoms with Crippen LogP contribution in [0.25, 0.3) is 0 Å². The summed E-state index contributed by atoms with van der Waals surface area (Å²) in [6, 6.07) is 13.0. The third kappa shape index (κ3) is 2.49. The molecule has 19 heavy (non-hydrogen) atoms. The standard InChI is InChI=1S/C15H12Cl2O2/c16-11-5-10(6-12(17)7-11)14(18)15-13-4-2-1-3-9(13)8-19-15/h1-7,14-15,18H,8H2/t14-,15-/m0/s1. The summed E-state index contributed by atoms with van der Waals surface area (Å²) < 4.78 is 5.68. The third-order valence-corrected chi connectivity index (χ3v) is 3.73. The zero-order valence-corrected chi connectivity index (χ0v) is 11.5. The predicted molar refractivity (Wildman–Crippen MR) is 75.4 cm³/mol. The third-order valence-electron chi connectivity index (χ3n) is 3.29. The number of rotatable bonds is 2. The van der Waals surface area contributed by atoms with E-state index < -0.39 is 6.10 Å². The van der Waals surface area contributed by atoms with E-state index in [1.54, 1.807) is 18.2 Å². The molecule has 0 amide bonds. The van der Waals surface area contributed by atoms with Gasteiger partial charge in [0.05, 0.1) is 6.61 Å². The Hall–Kier alpha value is -1.06. The summed E-state index contributed by atoms with van der Waals surface area (Å²) in [5.74, 6) is 0. The van der Waals surface area contributed by atoms with Gasteiger partial charge in [-0.15, -0.1) is 0 Å². The minimum atomic E-state index is -0.778. The van der Waals surface area contributed by atoms with E-state index in [0.717, 1.165) is 11.1 Å². The number of fused-ring (bicyclic) bond motifs is 1. The summed E-state index contributed by atoms with van der Waals surface area (Å²) in [5, 5.41) is 11.5. The van der Waals surface area contributed by atoms with Gasteiger partial charge in [-0.25, -0.2) is 0 Å². The molecule has 2 aromatic carbocycles. The maximum Gasteiger partial charge on any atom is 0.113 e. The number of hydrogen-bond donors (Lipinski definition) is 1. The van der Waals surface area contributed by atoms with Gasteiger partial charge in [0.1, 0.15) is 12.2 Å². The van der Waals surface area contributed by atoms with Crippen LogP contribution in [0.3, 0.4) is 0 Å². The molecule has 2 atom stereocenters. The molecule has 0 unspecified atom stereocenters. The highest BCUT2D eigenvalue weighted by molar-refractivity contribution is 6.34. The summed E-state index contributed by atoms with van der Waals surface area (Å²) in [5.41, 5.74) is 2.80. The van der Waals surface area contributed by atoms with Gasteiger partial charge in [-0.2, -0.15) is 0 Å². The number of aliphatic hydroxyl groups excluding tert-OH is 1. The monoisotopic (exact) mass is 294 g/mol. The Morgan fingerprint density at radius 2 is 1.79 bits per heavy atom. The van der Waals surface area contributed by atoms with Crippen molar-refractivity contribution in [3.8, 4) is 0 Å². The minimum Gasteiger partial charge on any atom is -0.385 e. The first-order valence-electron chi connectivity index (χ1n) is 5.98. The lowest BCUT2D eigenvalue weighted by molar-refractivity contribution is -0.0314. The van der Waals surface area contributed by atoms with Crippen LogP contribution in [0.1, 0.15) is 28.9 Å². The summed E-state index contributed by atoms with van der Waals surface area (Å²) in [7, 11) is 0.